The number of rotatable bonds is 4. The molecule has 2 atom stereocenters. The third kappa shape index (κ3) is 5.24. The molecule has 1 amide bonds. The molecule has 0 spiro atoms. The number of hydrogen-bond acceptors (Lipinski definition) is 2. The maximum Gasteiger partial charge on any atom is 0.391 e. The zero-order chi connectivity index (χ0) is 12.2. The second kappa shape index (κ2) is 4.99. The second-order valence-electron chi connectivity index (χ2n) is 3.27. The van der Waals surface area contributed by atoms with Gasteiger partial charge in [0.1, 0.15) is 6.04 Å². The lowest BCUT2D eigenvalue weighted by Crippen LogP contribution is -2.42. The Balaban J connectivity index is 4.42. The lowest BCUT2D eigenvalue weighted by molar-refractivity contribution is -0.174. The summed E-state index contributed by atoms with van der Waals surface area (Å²) in [4.78, 5) is 21.0. The van der Waals surface area contributed by atoms with E-state index < -0.39 is 36.4 Å². The Hall–Kier alpha value is -1.27. The average Bonchev–Trinajstić information content (AvgIpc) is 1.99. The number of amides is 1. The van der Waals surface area contributed by atoms with Crippen LogP contribution in [0.4, 0.5) is 13.2 Å². The molecule has 88 valence electrons. The number of carbonyl (C=O) groups is 2. The Labute approximate surface area is 84.5 Å². The van der Waals surface area contributed by atoms with Gasteiger partial charge in [0.25, 0.3) is 0 Å². The molecule has 0 aromatic heterocycles. The highest BCUT2D eigenvalue weighted by Gasteiger charge is 2.38. The molecule has 2 N–H and O–H groups in total. The molecule has 0 aliphatic heterocycles. The Kier molecular flexibility index (Phi) is 4.57. The molecule has 2 unspecified atom stereocenters. The summed E-state index contributed by atoms with van der Waals surface area (Å²) in [5.41, 5.74) is 0. The number of halogens is 3. The van der Waals surface area contributed by atoms with Crippen molar-refractivity contribution in [2.75, 3.05) is 0 Å². The van der Waals surface area contributed by atoms with Crippen LogP contribution in [0, 0.1) is 5.92 Å². The Morgan fingerprint density at radius 3 is 2.13 bits per heavy atom. The van der Waals surface area contributed by atoms with Crippen molar-refractivity contribution in [1.29, 1.82) is 0 Å². The van der Waals surface area contributed by atoms with Crippen molar-refractivity contribution >= 4 is 11.9 Å². The molecular formula is C8H12F3NO3. The fraction of sp³-hybridized carbons (Fsp3) is 0.750. The van der Waals surface area contributed by atoms with Gasteiger partial charge in [-0.2, -0.15) is 13.2 Å². The van der Waals surface area contributed by atoms with Crippen molar-refractivity contribution in [2.24, 2.45) is 5.92 Å². The van der Waals surface area contributed by atoms with Crippen LogP contribution in [-0.4, -0.2) is 29.2 Å². The number of carbonyl (C=O) groups excluding carboxylic acids is 1. The van der Waals surface area contributed by atoms with Crippen LogP contribution in [-0.2, 0) is 9.59 Å². The maximum absolute atomic E-state index is 12.1. The summed E-state index contributed by atoms with van der Waals surface area (Å²) in [6, 6.07) is -1.50. The van der Waals surface area contributed by atoms with Gasteiger partial charge in [-0.3, -0.25) is 4.79 Å². The number of carboxylic acids is 1. The van der Waals surface area contributed by atoms with Crippen LogP contribution in [0.25, 0.3) is 0 Å². The van der Waals surface area contributed by atoms with Crippen molar-refractivity contribution in [3.63, 3.8) is 0 Å². The summed E-state index contributed by atoms with van der Waals surface area (Å²) < 4.78 is 36.3. The van der Waals surface area contributed by atoms with Gasteiger partial charge >= 0.3 is 12.1 Å². The first-order valence-corrected chi connectivity index (χ1v) is 4.21. The van der Waals surface area contributed by atoms with E-state index >= 15 is 0 Å². The van der Waals surface area contributed by atoms with Gasteiger partial charge < -0.3 is 10.4 Å². The molecule has 0 saturated carbocycles. The zero-order valence-electron chi connectivity index (χ0n) is 8.26. The van der Waals surface area contributed by atoms with Gasteiger partial charge in [0, 0.05) is 6.92 Å². The number of carboxylic acid groups (broad SMARTS) is 1. The number of aliphatic carboxylic acids is 1. The summed E-state index contributed by atoms with van der Waals surface area (Å²) >= 11 is 0. The normalized spacial score (nSPS) is 15.5. The predicted molar refractivity (Wildman–Crippen MR) is 45.1 cm³/mol. The first-order chi connectivity index (χ1) is 6.64. The van der Waals surface area contributed by atoms with Crippen LogP contribution < -0.4 is 5.32 Å². The molecule has 15 heavy (non-hydrogen) atoms. The summed E-state index contributed by atoms with van der Waals surface area (Å²) in [5, 5.41) is 10.5. The van der Waals surface area contributed by atoms with Crippen molar-refractivity contribution in [3.8, 4) is 0 Å². The molecule has 0 heterocycles. The number of hydrogen-bond donors (Lipinski definition) is 2. The van der Waals surface area contributed by atoms with Crippen LogP contribution in [0.1, 0.15) is 20.3 Å². The van der Waals surface area contributed by atoms with Crippen LogP contribution in [0.15, 0.2) is 0 Å². The van der Waals surface area contributed by atoms with Gasteiger partial charge in [-0.05, 0) is 6.42 Å². The van der Waals surface area contributed by atoms with Crippen molar-refractivity contribution < 1.29 is 27.9 Å². The highest BCUT2D eigenvalue weighted by Crippen LogP contribution is 2.29. The fourth-order valence-electron chi connectivity index (χ4n) is 0.954. The Morgan fingerprint density at radius 1 is 1.40 bits per heavy atom. The van der Waals surface area contributed by atoms with Gasteiger partial charge in [0.2, 0.25) is 5.91 Å². The summed E-state index contributed by atoms with van der Waals surface area (Å²) in [5.74, 6) is -3.91. The van der Waals surface area contributed by atoms with Gasteiger partial charge in [0.05, 0.1) is 5.92 Å². The van der Waals surface area contributed by atoms with Crippen LogP contribution >= 0.6 is 0 Å². The molecule has 0 saturated heterocycles. The first kappa shape index (κ1) is 13.7. The molecule has 0 aliphatic rings. The van der Waals surface area contributed by atoms with E-state index in [-0.39, 0.29) is 0 Å². The highest BCUT2D eigenvalue weighted by atomic mass is 19.4. The average molecular weight is 227 g/mol. The summed E-state index contributed by atoms with van der Waals surface area (Å²) in [6.45, 7) is 1.92. The molecule has 7 heteroatoms. The minimum atomic E-state index is -4.45. The maximum atomic E-state index is 12.1. The van der Waals surface area contributed by atoms with Crippen LogP contribution in [0.5, 0.6) is 0 Å². The lowest BCUT2D eigenvalue weighted by atomic mass is 10.0. The molecule has 0 aromatic rings. The Morgan fingerprint density at radius 2 is 1.87 bits per heavy atom. The van der Waals surface area contributed by atoms with E-state index in [4.69, 9.17) is 5.11 Å². The van der Waals surface area contributed by atoms with Crippen molar-refractivity contribution in [3.05, 3.63) is 0 Å². The molecule has 0 radical (unpaired) electrons. The SMILES string of the molecule is CC(=O)NC(CC(C)C(F)(F)F)C(=O)O. The van der Waals surface area contributed by atoms with E-state index in [2.05, 4.69) is 0 Å². The molecule has 0 fully saturated rings. The van der Waals surface area contributed by atoms with E-state index in [9.17, 15) is 22.8 Å². The molecule has 0 aromatic carbocycles. The zero-order valence-corrected chi connectivity index (χ0v) is 8.26. The first-order valence-electron chi connectivity index (χ1n) is 4.21. The van der Waals surface area contributed by atoms with Crippen molar-refractivity contribution in [1.82, 2.24) is 5.32 Å². The molecule has 0 aliphatic carbocycles. The van der Waals surface area contributed by atoms with Crippen LogP contribution in [0.2, 0.25) is 0 Å². The van der Waals surface area contributed by atoms with E-state index in [0.29, 0.717) is 0 Å². The molecule has 0 bridgehead atoms. The monoisotopic (exact) mass is 227 g/mol. The number of alkyl halides is 3. The smallest absolute Gasteiger partial charge is 0.391 e. The number of nitrogens with one attached hydrogen (secondary N) is 1. The largest absolute Gasteiger partial charge is 0.480 e. The predicted octanol–water partition coefficient (Wildman–Crippen LogP) is 1.16. The molecule has 0 rings (SSSR count). The highest BCUT2D eigenvalue weighted by molar-refractivity contribution is 5.82. The minimum absolute atomic E-state index is 0.668. The second-order valence-corrected chi connectivity index (χ2v) is 3.27. The van der Waals surface area contributed by atoms with E-state index in [0.717, 1.165) is 13.8 Å². The molecule has 4 nitrogen and oxygen atoms in total. The van der Waals surface area contributed by atoms with E-state index in [1.807, 2.05) is 5.32 Å². The van der Waals surface area contributed by atoms with Crippen LogP contribution in [0.3, 0.4) is 0 Å². The molecular weight excluding hydrogens is 215 g/mol. The van der Waals surface area contributed by atoms with E-state index in [1.54, 1.807) is 0 Å². The topological polar surface area (TPSA) is 66.4 Å². The third-order valence-electron chi connectivity index (χ3n) is 1.82. The Bertz CT molecular complexity index is 252. The summed E-state index contributed by atoms with van der Waals surface area (Å²) in [6.07, 6.45) is -5.12. The quantitative estimate of drug-likeness (QED) is 0.757. The van der Waals surface area contributed by atoms with Gasteiger partial charge in [-0.15, -0.1) is 0 Å². The van der Waals surface area contributed by atoms with Gasteiger partial charge in [-0.1, -0.05) is 6.92 Å². The minimum Gasteiger partial charge on any atom is -0.480 e. The standard InChI is InChI=1S/C8H12F3NO3/c1-4(8(9,10)11)3-6(7(14)15)12-5(2)13/h4,6H,3H2,1-2H3,(H,12,13)(H,14,15). The van der Waals surface area contributed by atoms with Crippen molar-refractivity contribution in [2.45, 2.75) is 32.5 Å². The fourth-order valence-corrected chi connectivity index (χ4v) is 0.954. The van der Waals surface area contributed by atoms with Gasteiger partial charge in [-0.25, -0.2) is 4.79 Å². The summed E-state index contributed by atoms with van der Waals surface area (Å²) in [7, 11) is 0. The third-order valence-corrected chi connectivity index (χ3v) is 1.82. The lowest BCUT2D eigenvalue weighted by Gasteiger charge is -2.20. The van der Waals surface area contributed by atoms with E-state index in [1.165, 1.54) is 0 Å². The van der Waals surface area contributed by atoms with Gasteiger partial charge in [0.15, 0.2) is 0 Å².